The predicted molar refractivity (Wildman–Crippen MR) is 69.4 cm³/mol. The molecule has 2 atom stereocenters. The number of hydrogen-bond acceptors (Lipinski definition) is 6. The Morgan fingerprint density at radius 2 is 2.21 bits per heavy atom. The van der Waals surface area contributed by atoms with E-state index in [0.717, 1.165) is 32.2 Å². The summed E-state index contributed by atoms with van der Waals surface area (Å²) in [6, 6.07) is 0.177. The van der Waals surface area contributed by atoms with Crippen molar-refractivity contribution in [1.82, 2.24) is 15.5 Å². The summed E-state index contributed by atoms with van der Waals surface area (Å²) in [6.07, 6.45) is 4.45. The van der Waals surface area contributed by atoms with Crippen LogP contribution in [0.25, 0.3) is 0 Å². The van der Waals surface area contributed by atoms with E-state index in [9.17, 15) is 8.42 Å². The van der Waals surface area contributed by atoms with Gasteiger partial charge in [-0.2, -0.15) is 4.98 Å². The highest BCUT2D eigenvalue weighted by Gasteiger charge is 2.27. The molecule has 2 saturated heterocycles. The van der Waals surface area contributed by atoms with Crippen LogP contribution in [-0.2, 0) is 16.3 Å². The summed E-state index contributed by atoms with van der Waals surface area (Å²) in [4.78, 5) is 4.40. The van der Waals surface area contributed by atoms with Crippen LogP contribution >= 0.6 is 0 Å². The second-order valence-electron chi connectivity index (χ2n) is 5.52. The quantitative estimate of drug-likeness (QED) is 0.886. The minimum Gasteiger partial charge on any atom is -0.338 e. The molecule has 1 aromatic rings. The van der Waals surface area contributed by atoms with Crippen LogP contribution in [0.15, 0.2) is 4.52 Å². The Labute approximate surface area is 112 Å². The van der Waals surface area contributed by atoms with E-state index in [2.05, 4.69) is 15.5 Å². The molecule has 0 bridgehead atoms. The lowest BCUT2D eigenvalue weighted by Crippen LogP contribution is -2.26. The summed E-state index contributed by atoms with van der Waals surface area (Å²) in [5.74, 6) is 2.02. The van der Waals surface area contributed by atoms with Crippen LogP contribution < -0.4 is 5.32 Å². The Hall–Kier alpha value is -0.950. The zero-order valence-corrected chi connectivity index (χ0v) is 11.7. The molecule has 2 aliphatic rings. The summed E-state index contributed by atoms with van der Waals surface area (Å²) in [6.45, 7) is 0.989. The SMILES string of the molecule is O=S1(=O)CCCC(Cc2noc(C3CCCN3)n2)C1. The Morgan fingerprint density at radius 3 is 2.95 bits per heavy atom. The van der Waals surface area contributed by atoms with Gasteiger partial charge in [0.1, 0.15) is 0 Å². The fourth-order valence-corrected chi connectivity index (χ4v) is 4.70. The molecule has 3 heterocycles. The Kier molecular flexibility index (Phi) is 3.58. The van der Waals surface area contributed by atoms with Crippen LogP contribution in [0, 0.1) is 5.92 Å². The lowest BCUT2D eigenvalue weighted by molar-refractivity contribution is 0.338. The molecule has 0 saturated carbocycles. The van der Waals surface area contributed by atoms with Gasteiger partial charge < -0.3 is 9.84 Å². The van der Waals surface area contributed by atoms with Gasteiger partial charge in [0.25, 0.3) is 0 Å². The molecule has 6 nitrogen and oxygen atoms in total. The van der Waals surface area contributed by atoms with Gasteiger partial charge in [0, 0.05) is 6.42 Å². The molecule has 0 amide bonds. The highest BCUT2D eigenvalue weighted by atomic mass is 32.2. The molecule has 3 rings (SSSR count). The largest absolute Gasteiger partial charge is 0.338 e. The van der Waals surface area contributed by atoms with Gasteiger partial charge in [-0.1, -0.05) is 5.16 Å². The first-order chi connectivity index (χ1) is 9.12. The van der Waals surface area contributed by atoms with Crippen molar-refractivity contribution in [1.29, 1.82) is 0 Å². The molecule has 7 heteroatoms. The van der Waals surface area contributed by atoms with Gasteiger partial charge in [0.05, 0.1) is 17.5 Å². The van der Waals surface area contributed by atoms with Crippen molar-refractivity contribution in [2.75, 3.05) is 18.1 Å². The van der Waals surface area contributed by atoms with Gasteiger partial charge in [0.15, 0.2) is 15.7 Å². The normalized spacial score (nSPS) is 30.5. The molecule has 0 aromatic carbocycles. The second kappa shape index (κ2) is 5.20. The van der Waals surface area contributed by atoms with Crippen LogP contribution in [0.5, 0.6) is 0 Å². The smallest absolute Gasteiger partial charge is 0.243 e. The van der Waals surface area contributed by atoms with Crippen molar-refractivity contribution in [3.8, 4) is 0 Å². The maximum Gasteiger partial charge on any atom is 0.243 e. The van der Waals surface area contributed by atoms with E-state index in [-0.39, 0.29) is 17.7 Å². The van der Waals surface area contributed by atoms with E-state index < -0.39 is 9.84 Å². The Morgan fingerprint density at radius 1 is 1.32 bits per heavy atom. The van der Waals surface area contributed by atoms with Gasteiger partial charge in [-0.15, -0.1) is 0 Å². The summed E-state index contributed by atoms with van der Waals surface area (Å²) in [5.41, 5.74) is 0. The lowest BCUT2D eigenvalue weighted by Gasteiger charge is -2.20. The molecule has 1 N–H and O–H groups in total. The topological polar surface area (TPSA) is 85.1 Å². The standard InChI is InChI=1S/C12H19N3O3S/c16-19(17)6-2-3-9(8-19)7-11-14-12(18-15-11)10-4-1-5-13-10/h9-10,13H,1-8H2. The van der Waals surface area contributed by atoms with E-state index in [1.807, 2.05) is 0 Å². The summed E-state index contributed by atoms with van der Waals surface area (Å²) >= 11 is 0. The van der Waals surface area contributed by atoms with Crippen LogP contribution in [0.1, 0.15) is 43.4 Å². The molecule has 0 radical (unpaired) electrons. The number of nitrogens with one attached hydrogen (secondary N) is 1. The maximum absolute atomic E-state index is 11.6. The van der Waals surface area contributed by atoms with E-state index in [1.54, 1.807) is 0 Å². The van der Waals surface area contributed by atoms with Gasteiger partial charge in [-0.25, -0.2) is 8.42 Å². The lowest BCUT2D eigenvalue weighted by atomic mass is 10.0. The summed E-state index contributed by atoms with van der Waals surface area (Å²) in [7, 11) is -2.86. The number of rotatable bonds is 3. The van der Waals surface area contributed by atoms with Crippen LogP contribution in [0.3, 0.4) is 0 Å². The van der Waals surface area contributed by atoms with Crippen molar-refractivity contribution in [2.45, 2.75) is 38.1 Å². The molecular weight excluding hydrogens is 266 g/mol. The van der Waals surface area contributed by atoms with Crippen LogP contribution in [-0.4, -0.2) is 36.6 Å². The van der Waals surface area contributed by atoms with Crippen molar-refractivity contribution in [3.05, 3.63) is 11.7 Å². The zero-order valence-electron chi connectivity index (χ0n) is 10.8. The first-order valence-corrected chi connectivity index (χ1v) is 8.71. The molecular formula is C12H19N3O3S. The van der Waals surface area contributed by atoms with Gasteiger partial charge in [0.2, 0.25) is 5.89 Å². The van der Waals surface area contributed by atoms with Crippen LogP contribution in [0.2, 0.25) is 0 Å². The third-order valence-corrected chi connectivity index (χ3v) is 5.76. The number of nitrogens with zero attached hydrogens (tertiary/aromatic N) is 2. The highest BCUT2D eigenvalue weighted by Crippen LogP contribution is 2.24. The van der Waals surface area contributed by atoms with Crippen LogP contribution in [0.4, 0.5) is 0 Å². The third-order valence-electron chi connectivity index (χ3n) is 3.87. The number of hydrogen-bond donors (Lipinski definition) is 1. The monoisotopic (exact) mass is 285 g/mol. The van der Waals surface area contributed by atoms with Crippen molar-refractivity contribution < 1.29 is 12.9 Å². The predicted octanol–water partition coefficient (Wildman–Crippen LogP) is 0.861. The van der Waals surface area contributed by atoms with Gasteiger partial charge in [-0.05, 0) is 38.1 Å². The zero-order chi connectivity index (χ0) is 13.3. The third kappa shape index (κ3) is 3.14. The van der Waals surface area contributed by atoms with Crippen molar-refractivity contribution in [2.24, 2.45) is 5.92 Å². The molecule has 0 spiro atoms. The molecule has 19 heavy (non-hydrogen) atoms. The maximum atomic E-state index is 11.6. The van der Waals surface area contributed by atoms with Gasteiger partial charge in [-0.3, -0.25) is 0 Å². The fraction of sp³-hybridized carbons (Fsp3) is 0.833. The average Bonchev–Trinajstić information content (AvgIpc) is 2.96. The second-order valence-corrected chi connectivity index (χ2v) is 7.75. The van der Waals surface area contributed by atoms with Crippen molar-refractivity contribution in [3.63, 3.8) is 0 Å². The van der Waals surface area contributed by atoms with E-state index in [4.69, 9.17) is 4.52 Å². The average molecular weight is 285 g/mol. The number of sulfone groups is 1. The molecule has 2 aliphatic heterocycles. The molecule has 2 fully saturated rings. The molecule has 2 unspecified atom stereocenters. The fourth-order valence-electron chi connectivity index (χ4n) is 2.92. The van der Waals surface area contributed by atoms with Gasteiger partial charge >= 0.3 is 0 Å². The summed E-state index contributed by atoms with van der Waals surface area (Å²) in [5, 5.41) is 7.29. The molecule has 0 aliphatic carbocycles. The van der Waals surface area contributed by atoms with E-state index >= 15 is 0 Å². The summed E-state index contributed by atoms with van der Waals surface area (Å²) < 4.78 is 28.5. The first-order valence-electron chi connectivity index (χ1n) is 6.89. The Bertz CT molecular complexity index is 534. The number of aromatic nitrogens is 2. The first kappa shape index (κ1) is 13.1. The van der Waals surface area contributed by atoms with E-state index in [0.29, 0.717) is 23.9 Å². The minimum atomic E-state index is -2.86. The Balaban J connectivity index is 1.63. The molecule has 106 valence electrons. The van der Waals surface area contributed by atoms with E-state index in [1.165, 1.54) is 0 Å². The highest BCUT2D eigenvalue weighted by molar-refractivity contribution is 7.91. The molecule has 1 aromatic heterocycles. The van der Waals surface area contributed by atoms with Crippen molar-refractivity contribution >= 4 is 9.84 Å². The minimum absolute atomic E-state index is 0.140.